The van der Waals surface area contributed by atoms with Crippen LogP contribution in [-0.4, -0.2) is 30.5 Å². The Labute approximate surface area is 118 Å². The maximum Gasteiger partial charge on any atom is 0.231 e. The summed E-state index contributed by atoms with van der Waals surface area (Å²) in [4.78, 5) is 13.9. The highest BCUT2D eigenvalue weighted by Gasteiger charge is 2.29. The van der Waals surface area contributed by atoms with Gasteiger partial charge in [-0.3, -0.25) is 4.79 Å². The minimum absolute atomic E-state index is 0.0279. The highest BCUT2D eigenvalue weighted by atomic mass is 35.5. The van der Waals surface area contributed by atoms with Gasteiger partial charge in [0.25, 0.3) is 0 Å². The lowest BCUT2D eigenvalue weighted by molar-refractivity contribution is -0.138. The normalized spacial score (nSPS) is 13.5. The minimum atomic E-state index is -0.549. The fourth-order valence-corrected chi connectivity index (χ4v) is 2.07. The van der Waals surface area contributed by atoms with Gasteiger partial charge in [0.05, 0.1) is 5.41 Å². The first-order valence-electron chi connectivity index (χ1n) is 6.14. The first kappa shape index (κ1) is 14.0. The summed E-state index contributed by atoms with van der Waals surface area (Å²) in [7, 11) is 1.78. The fraction of sp³-hybridized carbons (Fsp3) is 0.500. The van der Waals surface area contributed by atoms with E-state index in [9.17, 15) is 4.79 Å². The van der Waals surface area contributed by atoms with E-state index in [4.69, 9.17) is 21.1 Å². The van der Waals surface area contributed by atoms with Crippen molar-refractivity contribution in [1.29, 1.82) is 0 Å². The number of amides is 1. The molecule has 1 aliphatic heterocycles. The molecule has 0 fully saturated rings. The number of benzene rings is 1. The predicted octanol–water partition coefficient (Wildman–Crippen LogP) is 2.64. The van der Waals surface area contributed by atoms with Crippen molar-refractivity contribution < 1.29 is 14.3 Å². The topological polar surface area (TPSA) is 38.8 Å². The van der Waals surface area contributed by atoms with E-state index in [1.807, 2.05) is 32.0 Å². The third-order valence-corrected chi connectivity index (χ3v) is 3.78. The molecule has 5 heteroatoms. The van der Waals surface area contributed by atoms with Gasteiger partial charge in [-0.25, -0.2) is 0 Å². The maximum atomic E-state index is 12.2. The zero-order valence-electron chi connectivity index (χ0n) is 11.4. The number of hydrogen-bond donors (Lipinski definition) is 0. The second-order valence-corrected chi connectivity index (χ2v) is 5.63. The van der Waals surface area contributed by atoms with Crippen LogP contribution in [0.2, 0.25) is 0 Å². The molecule has 0 unspecified atom stereocenters. The van der Waals surface area contributed by atoms with Crippen molar-refractivity contribution in [3.05, 3.63) is 23.8 Å². The average molecular weight is 284 g/mol. The van der Waals surface area contributed by atoms with Crippen molar-refractivity contribution in [1.82, 2.24) is 4.90 Å². The number of fused-ring (bicyclic) bond motifs is 1. The van der Waals surface area contributed by atoms with Gasteiger partial charge in [-0.15, -0.1) is 11.6 Å². The summed E-state index contributed by atoms with van der Waals surface area (Å²) in [5.74, 6) is 1.81. The highest BCUT2D eigenvalue weighted by molar-refractivity contribution is 6.19. The molecule has 19 heavy (non-hydrogen) atoms. The van der Waals surface area contributed by atoms with Crippen molar-refractivity contribution >= 4 is 17.5 Å². The Kier molecular flexibility index (Phi) is 3.90. The van der Waals surface area contributed by atoms with E-state index in [0.29, 0.717) is 12.4 Å². The molecule has 0 N–H and O–H groups in total. The van der Waals surface area contributed by atoms with Crippen molar-refractivity contribution in [2.24, 2.45) is 5.41 Å². The van der Waals surface area contributed by atoms with Crippen molar-refractivity contribution in [2.45, 2.75) is 20.4 Å². The molecule has 1 heterocycles. The molecular weight excluding hydrogens is 266 g/mol. The van der Waals surface area contributed by atoms with E-state index in [1.165, 1.54) is 0 Å². The van der Waals surface area contributed by atoms with Gasteiger partial charge in [-0.05, 0) is 31.5 Å². The van der Waals surface area contributed by atoms with Gasteiger partial charge in [0.1, 0.15) is 0 Å². The molecule has 0 saturated heterocycles. The van der Waals surface area contributed by atoms with Crippen LogP contribution in [0.25, 0.3) is 0 Å². The fourth-order valence-electron chi connectivity index (χ4n) is 1.96. The minimum Gasteiger partial charge on any atom is -0.454 e. The van der Waals surface area contributed by atoms with Gasteiger partial charge >= 0.3 is 0 Å². The van der Waals surface area contributed by atoms with Crippen LogP contribution in [0.4, 0.5) is 0 Å². The summed E-state index contributed by atoms with van der Waals surface area (Å²) in [5.41, 5.74) is 0.456. The summed E-state index contributed by atoms with van der Waals surface area (Å²) in [5, 5.41) is 0. The van der Waals surface area contributed by atoms with Crippen LogP contribution in [0.5, 0.6) is 11.5 Å². The number of carbonyl (C=O) groups excluding carboxylic acids is 1. The standard InChI is InChI=1S/C14H18ClNO3/c1-14(2,8-15)13(17)16(3)7-10-4-5-11-12(6-10)19-9-18-11/h4-6H,7-9H2,1-3H3. The molecule has 1 aromatic carbocycles. The number of nitrogens with zero attached hydrogens (tertiary/aromatic N) is 1. The second-order valence-electron chi connectivity index (χ2n) is 5.37. The summed E-state index contributed by atoms with van der Waals surface area (Å²) < 4.78 is 10.6. The molecule has 4 nitrogen and oxygen atoms in total. The molecule has 0 aliphatic carbocycles. The molecule has 104 valence electrons. The molecule has 1 aliphatic rings. The largest absolute Gasteiger partial charge is 0.454 e. The van der Waals surface area contributed by atoms with Crippen LogP contribution >= 0.6 is 11.6 Å². The van der Waals surface area contributed by atoms with Gasteiger partial charge in [0, 0.05) is 19.5 Å². The molecule has 0 atom stereocenters. The Balaban J connectivity index is 2.07. The number of hydrogen-bond acceptors (Lipinski definition) is 3. The zero-order valence-corrected chi connectivity index (χ0v) is 12.2. The van der Waals surface area contributed by atoms with E-state index >= 15 is 0 Å². The van der Waals surface area contributed by atoms with E-state index in [-0.39, 0.29) is 12.7 Å². The van der Waals surface area contributed by atoms with Crippen LogP contribution in [0.1, 0.15) is 19.4 Å². The Morgan fingerprint density at radius 2 is 2.05 bits per heavy atom. The molecular formula is C14H18ClNO3. The van der Waals surface area contributed by atoms with Crippen molar-refractivity contribution in [3.63, 3.8) is 0 Å². The molecule has 0 spiro atoms. The van der Waals surface area contributed by atoms with Crippen LogP contribution in [-0.2, 0) is 11.3 Å². The number of alkyl halides is 1. The maximum absolute atomic E-state index is 12.2. The number of rotatable bonds is 4. The third-order valence-electron chi connectivity index (χ3n) is 3.12. The molecule has 0 aromatic heterocycles. The first-order valence-corrected chi connectivity index (χ1v) is 6.67. The summed E-state index contributed by atoms with van der Waals surface area (Å²) >= 11 is 5.83. The lowest BCUT2D eigenvalue weighted by Gasteiger charge is -2.27. The lowest BCUT2D eigenvalue weighted by Crippen LogP contribution is -2.39. The molecule has 1 amide bonds. The summed E-state index contributed by atoms with van der Waals surface area (Å²) in [6.07, 6.45) is 0. The van der Waals surface area contributed by atoms with Crippen molar-refractivity contribution in [2.75, 3.05) is 19.7 Å². The monoisotopic (exact) mass is 283 g/mol. The predicted molar refractivity (Wildman–Crippen MR) is 73.5 cm³/mol. The average Bonchev–Trinajstić information content (AvgIpc) is 2.85. The zero-order chi connectivity index (χ0) is 14.0. The summed E-state index contributed by atoms with van der Waals surface area (Å²) in [6.45, 7) is 4.47. The highest BCUT2D eigenvalue weighted by Crippen LogP contribution is 2.33. The van der Waals surface area contributed by atoms with E-state index in [2.05, 4.69) is 0 Å². The number of carbonyl (C=O) groups is 1. The molecule has 0 saturated carbocycles. The van der Waals surface area contributed by atoms with Gasteiger partial charge in [0.15, 0.2) is 11.5 Å². The van der Waals surface area contributed by atoms with Gasteiger partial charge in [0.2, 0.25) is 12.7 Å². The Morgan fingerprint density at radius 3 is 2.74 bits per heavy atom. The SMILES string of the molecule is CN(Cc1ccc2c(c1)OCO2)C(=O)C(C)(C)CCl. The van der Waals surface area contributed by atoms with Gasteiger partial charge in [-0.1, -0.05) is 6.07 Å². The van der Waals surface area contributed by atoms with Crippen LogP contribution in [0, 0.1) is 5.41 Å². The van der Waals surface area contributed by atoms with E-state index in [0.717, 1.165) is 17.1 Å². The van der Waals surface area contributed by atoms with Crippen LogP contribution < -0.4 is 9.47 Å². The van der Waals surface area contributed by atoms with Crippen LogP contribution in [0.15, 0.2) is 18.2 Å². The first-order chi connectivity index (χ1) is 8.94. The second kappa shape index (κ2) is 5.29. The molecule has 0 bridgehead atoms. The Hall–Kier alpha value is -1.42. The summed E-state index contributed by atoms with van der Waals surface area (Å²) in [6, 6.07) is 5.70. The lowest BCUT2D eigenvalue weighted by atomic mass is 9.94. The quantitative estimate of drug-likeness (QED) is 0.798. The van der Waals surface area contributed by atoms with E-state index < -0.39 is 5.41 Å². The Morgan fingerprint density at radius 1 is 1.37 bits per heavy atom. The Bertz CT molecular complexity index is 488. The third kappa shape index (κ3) is 2.95. The molecule has 0 radical (unpaired) electrons. The van der Waals surface area contributed by atoms with E-state index in [1.54, 1.807) is 11.9 Å². The molecule has 1 aromatic rings. The van der Waals surface area contributed by atoms with Crippen molar-refractivity contribution in [3.8, 4) is 11.5 Å². The number of halogens is 1. The van der Waals surface area contributed by atoms with Gasteiger partial charge in [-0.2, -0.15) is 0 Å². The smallest absolute Gasteiger partial charge is 0.231 e. The molecule has 2 rings (SSSR count). The van der Waals surface area contributed by atoms with Crippen LogP contribution in [0.3, 0.4) is 0 Å². The number of ether oxygens (including phenoxy) is 2. The van der Waals surface area contributed by atoms with Gasteiger partial charge < -0.3 is 14.4 Å².